The number of benzene rings is 2. The second-order valence-corrected chi connectivity index (χ2v) is 9.57. The van der Waals surface area contributed by atoms with E-state index >= 15 is 4.39 Å². The Hall–Kier alpha value is -5.10. The molecule has 12 heteroatoms. The lowest BCUT2D eigenvalue weighted by atomic mass is 10.1. The van der Waals surface area contributed by atoms with E-state index in [2.05, 4.69) is 15.6 Å². The number of urea groups is 1. The molecule has 4 aromatic rings. The van der Waals surface area contributed by atoms with Gasteiger partial charge in [0, 0.05) is 42.9 Å². The highest BCUT2D eigenvalue weighted by atomic mass is 19.1. The summed E-state index contributed by atoms with van der Waals surface area (Å²) in [6.07, 6.45) is 2.91. The van der Waals surface area contributed by atoms with Crippen LogP contribution in [0.3, 0.4) is 0 Å². The predicted octanol–water partition coefficient (Wildman–Crippen LogP) is 4.46. The number of halogens is 2. The van der Waals surface area contributed by atoms with Gasteiger partial charge in [-0.1, -0.05) is 0 Å². The number of amides is 3. The number of carbonyl (C=O) groups excluding carboxylic acids is 2. The second kappa shape index (κ2) is 11.6. The van der Waals surface area contributed by atoms with Crippen LogP contribution in [0.4, 0.5) is 25.1 Å². The molecule has 0 atom stereocenters. The first-order chi connectivity index (χ1) is 19.7. The van der Waals surface area contributed by atoms with Gasteiger partial charge in [0.1, 0.15) is 22.9 Å². The van der Waals surface area contributed by atoms with Crippen molar-refractivity contribution in [2.24, 2.45) is 0 Å². The third-order valence-corrected chi connectivity index (χ3v) is 6.40. The summed E-state index contributed by atoms with van der Waals surface area (Å²) in [6, 6.07) is 13.3. The van der Waals surface area contributed by atoms with Crippen LogP contribution in [-0.4, -0.2) is 58.5 Å². The first-order valence-corrected chi connectivity index (χ1v) is 12.6. The van der Waals surface area contributed by atoms with Gasteiger partial charge < -0.3 is 19.9 Å². The topological polar surface area (TPSA) is 109 Å². The molecule has 0 fully saturated rings. The smallest absolute Gasteiger partial charge is 0.323 e. The van der Waals surface area contributed by atoms with Crippen LogP contribution < -0.4 is 20.9 Å². The van der Waals surface area contributed by atoms with E-state index in [0.29, 0.717) is 35.9 Å². The van der Waals surface area contributed by atoms with E-state index in [1.165, 1.54) is 65.5 Å². The number of nitrogens with one attached hydrogen (secondary N) is 2. The molecular formula is C29H26F2N6O4. The minimum atomic E-state index is -0.755. The number of nitrogens with zero attached hydrogens (tertiary/aromatic N) is 4. The Labute approximate surface area is 233 Å². The molecule has 10 nitrogen and oxygen atoms in total. The van der Waals surface area contributed by atoms with Gasteiger partial charge in [-0.25, -0.2) is 18.6 Å². The quantitative estimate of drug-likeness (QED) is 0.329. The lowest BCUT2D eigenvalue weighted by Gasteiger charge is -2.30. The van der Waals surface area contributed by atoms with Crippen LogP contribution in [0.1, 0.15) is 15.9 Å². The molecule has 0 unspecified atom stereocenters. The lowest BCUT2D eigenvalue weighted by Crippen LogP contribution is -2.42. The third-order valence-electron chi connectivity index (χ3n) is 6.40. The average molecular weight is 561 g/mol. The second-order valence-electron chi connectivity index (χ2n) is 9.57. The van der Waals surface area contributed by atoms with E-state index in [9.17, 15) is 18.8 Å². The molecule has 0 radical (unpaired) electrons. The summed E-state index contributed by atoms with van der Waals surface area (Å²) in [6.45, 7) is 1.37. The standard InChI is InChI=1S/C29H26F2N6O4/c1-35(2)14-15-36-17-22-24(11-12-32-26(22)34-29(36)40)41-25-10-7-19(16-23(25)31)33-27(38)21-4-3-13-37(28(21)39)20-8-5-18(30)6-9-20/h3-13,16H,14-15,17H2,1-2H3,(H,33,38)(H,32,34,40). The first-order valence-electron chi connectivity index (χ1n) is 12.6. The summed E-state index contributed by atoms with van der Waals surface area (Å²) in [5.41, 5.74) is 0.296. The van der Waals surface area contributed by atoms with Crippen molar-refractivity contribution >= 4 is 23.4 Å². The minimum Gasteiger partial charge on any atom is -0.454 e. The summed E-state index contributed by atoms with van der Waals surface area (Å²) in [5.74, 6) is -1.39. The highest BCUT2D eigenvalue weighted by Gasteiger charge is 2.27. The van der Waals surface area contributed by atoms with Crippen LogP contribution in [0.15, 0.2) is 77.9 Å². The fourth-order valence-electron chi connectivity index (χ4n) is 4.23. The van der Waals surface area contributed by atoms with Gasteiger partial charge in [-0.15, -0.1) is 0 Å². The maximum atomic E-state index is 15.1. The molecule has 2 aromatic carbocycles. The molecule has 1 aliphatic rings. The van der Waals surface area contributed by atoms with Gasteiger partial charge in [0.2, 0.25) is 0 Å². The van der Waals surface area contributed by atoms with E-state index in [-0.39, 0.29) is 29.6 Å². The number of fused-ring (bicyclic) bond motifs is 1. The summed E-state index contributed by atoms with van der Waals surface area (Å²) in [7, 11) is 3.81. The highest BCUT2D eigenvalue weighted by Crippen LogP contribution is 2.34. The molecular weight excluding hydrogens is 534 g/mol. The van der Waals surface area contributed by atoms with Crippen molar-refractivity contribution in [3.63, 3.8) is 0 Å². The summed E-state index contributed by atoms with van der Waals surface area (Å²) < 4.78 is 35.4. The summed E-state index contributed by atoms with van der Waals surface area (Å²) >= 11 is 0. The third kappa shape index (κ3) is 6.07. The Kier molecular flexibility index (Phi) is 7.74. The van der Waals surface area contributed by atoms with Crippen molar-refractivity contribution in [1.29, 1.82) is 0 Å². The molecule has 0 aliphatic carbocycles. The van der Waals surface area contributed by atoms with Crippen LogP contribution >= 0.6 is 0 Å². The van der Waals surface area contributed by atoms with Gasteiger partial charge in [-0.05, 0) is 68.7 Å². The van der Waals surface area contributed by atoms with Crippen molar-refractivity contribution in [3.05, 3.63) is 106 Å². The Morgan fingerprint density at radius 1 is 1.07 bits per heavy atom. The van der Waals surface area contributed by atoms with E-state index < -0.39 is 23.1 Å². The minimum absolute atomic E-state index is 0.105. The zero-order valence-corrected chi connectivity index (χ0v) is 22.2. The van der Waals surface area contributed by atoms with E-state index in [1.807, 2.05) is 19.0 Å². The van der Waals surface area contributed by atoms with Crippen LogP contribution in [-0.2, 0) is 6.54 Å². The number of ether oxygens (including phenoxy) is 1. The number of hydrogen-bond acceptors (Lipinski definition) is 6. The maximum Gasteiger partial charge on any atom is 0.323 e. The fourth-order valence-corrected chi connectivity index (χ4v) is 4.23. The van der Waals surface area contributed by atoms with Gasteiger partial charge in [0.05, 0.1) is 12.1 Å². The number of rotatable bonds is 8. The zero-order valence-electron chi connectivity index (χ0n) is 22.2. The molecule has 0 spiro atoms. The van der Waals surface area contributed by atoms with Crippen molar-refractivity contribution in [1.82, 2.24) is 19.4 Å². The Morgan fingerprint density at radius 2 is 1.85 bits per heavy atom. The largest absolute Gasteiger partial charge is 0.454 e. The molecule has 1 aliphatic heterocycles. The fraction of sp³-hybridized carbons (Fsp3) is 0.172. The summed E-state index contributed by atoms with van der Waals surface area (Å²) in [4.78, 5) is 46.0. The Morgan fingerprint density at radius 3 is 2.59 bits per heavy atom. The number of likely N-dealkylation sites (N-methyl/N-ethyl adjacent to an activating group) is 1. The van der Waals surface area contributed by atoms with Crippen molar-refractivity contribution in [2.75, 3.05) is 37.8 Å². The number of pyridine rings is 2. The SMILES string of the molecule is CN(C)CCN1Cc2c(Oc3ccc(NC(=O)c4cccn(-c5ccc(F)cc5)c4=O)cc3F)ccnc2NC1=O. The van der Waals surface area contributed by atoms with Gasteiger partial charge >= 0.3 is 6.03 Å². The summed E-state index contributed by atoms with van der Waals surface area (Å²) in [5, 5.41) is 5.26. The van der Waals surface area contributed by atoms with Gasteiger partial charge in [-0.2, -0.15) is 0 Å². The molecule has 210 valence electrons. The molecule has 3 heterocycles. The number of aromatic nitrogens is 2. The van der Waals surface area contributed by atoms with E-state index in [4.69, 9.17) is 4.74 Å². The average Bonchev–Trinajstić information content (AvgIpc) is 2.94. The first kappa shape index (κ1) is 27.5. The molecule has 5 rings (SSSR count). The van der Waals surface area contributed by atoms with E-state index in [1.54, 1.807) is 11.0 Å². The van der Waals surface area contributed by atoms with Gasteiger partial charge in [-0.3, -0.25) is 19.5 Å². The van der Waals surface area contributed by atoms with Crippen LogP contribution in [0, 0.1) is 11.6 Å². The van der Waals surface area contributed by atoms with Crippen LogP contribution in [0.2, 0.25) is 0 Å². The normalized spacial score (nSPS) is 12.6. The molecule has 0 bridgehead atoms. The number of hydrogen-bond donors (Lipinski definition) is 2. The lowest BCUT2D eigenvalue weighted by molar-refractivity contribution is 0.102. The van der Waals surface area contributed by atoms with Crippen LogP contribution in [0.5, 0.6) is 11.5 Å². The molecule has 41 heavy (non-hydrogen) atoms. The Balaban J connectivity index is 1.32. The molecule has 0 saturated heterocycles. The van der Waals surface area contributed by atoms with E-state index in [0.717, 1.165) is 6.07 Å². The monoisotopic (exact) mass is 560 g/mol. The van der Waals surface area contributed by atoms with Crippen molar-refractivity contribution in [2.45, 2.75) is 6.54 Å². The van der Waals surface area contributed by atoms with Gasteiger partial charge in [0.15, 0.2) is 11.6 Å². The molecule has 2 aromatic heterocycles. The number of carbonyl (C=O) groups is 2. The predicted molar refractivity (Wildman–Crippen MR) is 149 cm³/mol. The molecule has 0 saturated carbocycles. The van der Waals surface area contributed by atoms with Crippen LogP contribution in [0.25, 0.3) is 5.69 Å². The number of anilines is 2. The van der Waals surface area contributed by atoms with Gasteiger partial charge in [0.25, 0.3) is 11.5 Å². The molecule has 3 amide bonds. The Bertz CT molecular complexity index is 1670. The highest BCUT2D eigenvalue weighted by molar-refractivity contribution is 6.04. The maximum absolute atomic E-state index is 15.1. The molecule has 2 N–H and O–H groups in total. The zero-order chi connectivity index (χ0) is 29.1. The van der Waals surface area contributed by atoms with Crippen molar-refractivity contribution < 1.29 is 23.1 Å². The van der Waals surface area contributed by atoms with Crippen molar-refractivity contribution in [3.8, 4) is 17.2 Å².